The smallest absolute Gasteiger partial charge is 0.205 e. The second kappa shape index (κ2) is 3.06. The minimum absolute atomic E-state index is 0.0833. The maximum Gasteiger partial charge on any atom is 0.335 e. The molecule has 0 atom stereocenters. The third-order valence-corrected chi connectivity index (χ3v) is 2.62. The van der Waals surface area contributed by atoms with Gasteiger partial charge in [-0.2, -0.15) is 8.42 Å². The van der Waals surface area contributed by atoms with Crippen molar-refractivity contribution in [2.75, 3.05) is 0 Å². The predicted octanol–water partition coefficient (Wildman–Crippen LogP) is 2.10. The van der Waals surface area contributed by atoms with E-state index < -0.39 is 20.9 Å². The monoisotopic (exact) mass is 206 g/mol. The molecule has 0 spiro atoms. The summed E-state index contributed by atoms with van der Waals surface area (Å²) in [7, 11) is -4.96. The molecule has 0 N–H and O–H groups in total. The van der Waals surface area contributed by atoms with Crippen molar-refractivity contribution in [3.8, 4) is 0 Å². The average molecular weight is 206 g/mol. The van der Waals surface area contributed by atoms with Crippen LogP contribution in [-0.4, -0.2) is 8.42 Å². The Balaban J connectivity index is 3.57. The molecule has 72 valence electrons. The van der Waals surface area contributed by atoms with Crippen LogP contribution in [0.5, 0.6) is 0 Å². The Hall–Kier alpha value is -0.970. The quantitative estimate of drug-likeness (QED) is 0.659. The summed E-state index contributed by atoms with van der Waals surface area (Å²) in [5, 5.41) is 0. The number of hydrogen-bond acceptors (Lipinski definition) is 2. The first-order valence-corrected chi connectivity index (χ1v) is 4.92. The minimum Gasteiger partial charge on any atom is -0.205 e. The summed E-state index contributed by atoms with van der Waals surface area (Å²) in [4.78, 5) is -0.863. The van der Waals surface area contributed by atoms with Crippen molar-refractivity contribution in [1.82, 2.24) is 0 Å². The molecule has 0 fully saturated rings. The highest BCUT2D eigenvalue weighted by atomic mass is 32.3. The molecule has 0 aliphatic carbocycles. The van der Waals surface area contributed by atoms with Gasteiger partial charge in [0, 0.05) is 0 Å². The van der Waals surface area contributed by atoms with Crippen LogP contribution in [0.25, 0.3) is 0 Å². The van der Waals surface area contributed by atoms with Gasteiger partial charge >= 0.3 is 10.2 Å². The maximum absolute atomic E-state index is 13.0. The Kier molecular flexibility index (Phi) is 2.38. The van der Waals surface area contributed by atoms with Crippen LogP contribution >= 0.6 is 0 Å². The van der Waals surface area contributed by atoms with Gasteiger partial charge in [-0.1, -0.05) is 6.07 Å². The van der Waals surface area contributed by atoms with E-state index in [1.807, 2.05) is 0 Å². The van der Waals surface area contributed by atoms with Gasteiger partial charge in [0.15, 0.2) is 0 Å². The molecule has 0 aliphatic heterocycles. The van der Waals surface area contributed by atoms with Gasteiger partial charge in [0.25, 0.3) is 0 Å². The van der Waals surface area contributed by atoms with Gasteiger partial charge in [0.2, 0.25) is 0 Å². The lowest BCUT2D eigenvalue weighted by atomic mass is 10.1. The SMILES string of the molecule is Cc1cc(C)c(S(=O)(=O)F)c(F)c1. The fourth-order valence-electron chi connectivity index (χ4n) is 1.21. The third kappa shape index (κ3) is 2.03. The molecule has 2 nitrogen and oxygen atoms in total. The summed E-state index contributed by atoms with van der Waals surface area (Å²) in [5.41, 5.74) is 0.641. The Morgan fingerprint density at radius 3 is 2.15 bits per heavy atom. The van der Waals surface area contributed by atoms with Gasteiger partial charge in [-0.05, 0) is 31.0 Å². The Morgan fingerprint density at radius 2 is 1.77 bits per heavy atom. The van der Waals surface area contributed by atoms with Crippen LogP contribution in [0.2, 0.25) is 0 Å². The van der Waals surface area contributed by atoms with Crippen molar-refractivity contribution < 1.29 is 16.7 Å². The van der Waals surface area contributed by atoms with E-state index in [4.69, 9.17) is 0 Å². The third-order valence-electron chi connectivity index (χ3n) is 1.62. The summed E-state index contributed by atoms with van der Waals surface area (Å²) >= 11 is 0. The van der Waals surface area contributed by atoms with E-state index in [9.17, 15) is 16.7 Å². The molecule has 0 aromatic heterocycles. The fraction of sp³-hybridized carbons (Fsp3) is 0.250. The van der Waals surface area contributed by atoms with Gasteiger partial charge < -0.3 is 0 Å². The van der Waals surface area contributed by atoms with E-state index in [1.54, 1.807) is 6.92 Å². The molecule has 0 saturated carbocycles. The van der Waals surface area contributed by atoms with E-state index >= 15 is 0 Å². The van der Waals surface area contributed by atoms with E-state index in [0.717, 1.165) is 6.07 Å². The Morgan fingerprint density at radius 1 is 1.23 bits per heavy atom. The number of hydrogen-bond donors (Lipinski definition) is 0. The molecule has 0 bridgehead atoms. The van der Waals surface area contributed by atoms with Crippen LogP contribution in [0.3, 0.4) is 0 Å². The molecule has 0 heterocycles. The molecule has 0 unspecified atom stereocenters. The molecule has 0 radical (unpaired) electrons. The molecule has 1 aromatic carbocycles. The van der Waals surface area contributed by atoms with Crippen molar-refractivity contribution in [1.29, 1.82) is 0 Å². The summed E-state index contributed by atoms with van der Waals surface area (Å²) in [6, 6.07) is 2.40. The van der Waals surface area contributed by atoms with Crippen molar-refractivity contribution in [3.05, 3.63) is 29.1 Å². The lowest BCUT2D eigenvalue weighted by Crippen LogP contribution is -2.00. The predicted molar refractivity (Wildman–Crippen MR) is 44.2 cm³/mol. The Bertz CT molecular complexity index is 414. The summed E-state index contributed by atoms with van der Waals surface area (Å²) in [6.07, 6.45) is 0. The highest BCUT2D eigenvalue weighted by molar-refractivity contribution is 7.86. The van der Waals surface area contributed by atoms with E-state index in [0.29, 0.717) is 5.56 Å². The van der Waals surface area contributed by atoms with Crippen LogP contribution in [0.15, 0.2) is 17.0 Å². The van der Waals surface area contributed by atoms with Crippen LogP contribution in [-0.2, 0) is 10.2 Å². The first kappa shape index (κ1) is 10.1. The second-order valence-corrected chi connectivity index (χ2v) is 4.11. The number of halogens is 2. The zero-order valence-electron chi connectivity index (χ0n) is 7.14. The minimum atomic E-state index is -4.96. The lowest BCUT2D eigenvalue weighted by molar-refractivity contribution is 0.531. The molecule has 5 heteroatoms. The van der Waals surface area contributed by atoms with Gasteiger partial charge in [-0.25, -0.2) is 4.39 Å². The largest absolute Gasteiger partial charge is 0.335 e. The normalized spacial score (nSPS) is 11.7. The van der Waals surface area contributed by atoms with Crippen LogP contribution in [0.4, 0.5) is 8.28 Å². The summed E-state index contributed by atoms with van der Waals surface area (Å²) in [5.74, 6) is -1.04. The molecule has 1 rings (SSSR count). The maximum atomic E-state index is 13.0. The van der Waals surface area contributed by atoms with Gasteiger partial charge in [-0.15, -0.1) is 3.89 Å². The Labute approximate surface area is 75.4 Å². The summed E-state index contributed by atoms with van der Waals surface area (Å²) < 4.78 is 46.5. The van der Waals surface area contributed by atoms with Crippen molar-refractivity contribution in [3.63, 3.8) is 0 Å². The van der Waals surface area contributed by atoms with E-state index in [2.05, 4.69) is 0 Å². The molecular weight excluding hydrogens is 198 g/mol. The molecule has 1 aromatic rings. The first-order valence-electron chi connectivity index (χ1n) is 3.54. The zero-order valence-corrected chi connectivity index (χ0v) is 7.95. The summed E-state index contributed by atoms with van der Waals surface area (Å²) in [6.45, 7) is 2.95. The second-order valence-electron chi connectivity index (χ2n) is 2.83. The van der Waals surface area contributed by atoms with Crippen LogP contribution in [0, 0.1) is 19.7 Å². The first-order chi connectivity index (χ1) is 5.82. The van der Waals surface area contributed by atoms with Crippen molar-refractivity contribution >= 4 is 10.2 Å². The van der Waals surface area contributed by atoms with Crippen molar-refractivity contribution in [2.24, 2.45) is 0 Å². The fourth-order valence-corrected chi connectivity index (χ4v) is 1.95. The topological polar surface area (TPSA) is 34.1 Å². The molecule has 0 aliphatic rings. The highest BCUT2D eigenvalue weighted by Gasteiger charge is 2.20. The zero-order chi connectivity index (χ0) is 10.2. The standard InChI is InChI=1S/C8H8F2O2S/c1-5-3-6(2)8(7(9)4-5)13(10,11)12/h3-4H,1-2H3. The van der Waals surface area contributed by atoms with Crippen molar-refractivity contribution in [2.45, 2.75) is 18.7 Å². The number of rotatable bonds is 1. The molecule has 0 amide bonds. The van der Waals surface area contributed by atoms with Gasteiger partial charge in [0.05, 0.1) is 0 Å². The average Bonchev–Trinajstić information content (AvgIpc) is 1.78. The molecule has 13 heavy (non-hydrogen) atoms. The highest BCUT2D eigenvalue weighted by Crippen LogP contribution is 2.22. The number of benzene rings is 1. The van der Waals surface area contributed by atoms with Gasteiger partial charge in [0.1, 0.15) is 10.7 Å². The van der Waals surface area contributed by atoms with E-state index in [1.165, 1.54) is 13.0 Å². The van der Waals surface area contributed by atoms with Gasteiger partial charge in [-0.3, -0.25) is 0 Å². The number of aryl methyl sites for hydroxylation is 2. The molecular formula is C8H8F2O2S. The van der Waals surface area contributed by atoms with Crippen LogP contribution < -0.4 is 0 Å². The van der Waals surface area contributed by atoms with E-state index in [-0.39, 0.29) is 5.56 Å². The lowest BCUT2D eigenvalue weighted by Gasteiger charge is -2.03. The van der Waals surface area contributed by atoms with Crippen LogP contribution in [0.1, 0.15) is 11.1 Å². The molecule has 0 saturated heterocycles.